The standard InChI is InChI=1S/C12H18/c1-6-8-10(3)12(5)11(4)9-7-2/h1,7,11H,2,8-9H2,3-5H3. The summed E-state index contributed by atoms with van der Waals surface area (Å²) in [6, 6.07) is 0. The van der Waals surface area contributed by atoms with Gasteiger partial charge in [0.1, 0.15) is 0 Å². The van der Waals surface area contributed by atoms with Gasteiger partial charge in [-0.3, -0.25) is 0 Å². The van der Waals surface area contributed by atoms with Crippen LogP contribution in [0.25, 0.3) is 0 Å². The van der Waals surface area contributed by atoms with E-state index in [4.69, 9.17) is 6.42 Å². The monoisotopic (exact) mass is 162 g/mol. The lowest BCUT2D eigenvalue weighted by Gasteiger charge is -2.12. The van der Waals surface area contributed by atoms with Crippen LogP contribution in [0.4, 0.5) is 0 Å². The van der Waals surface area contributed by atoms with E-state index in [1.54, 1.807) is 0 Å². The molecule has 0 aliphatic rings. The van der Waals surface area contributed by atoms with Crippen molar-refractivity contribution < 1.29 is 0 Å². The summed E-state index contributed by atoms with van der Waals surface area (Å²) in [5.74, 6) is 3.24. The van der Waals surface area contributed by atoms with Crippen LogP contribution in [0, 0.1) is 18.3 Å². The zero-order chi connectivity index (χ0) is 9.56. The molecule has 0 heteroatoms. The maximum absolute atomic E-state index is 5.24. The predicted molar refractivity (Wildman–Crippen MR) is 55.8 cm³/mol. The average molecular weight is 162 g/mol. The Morgan fingerprint density at radius 3 is 2.58 bits per heavy atom. The fraction of sp³-hybridized carbons (Fsp3) is 0.500. The van der Waals surface area contributed by atoms with Crippen molar-refractivity contribution in [3.63, 3.8) is 0 Å². The van der Waals surface area contributed by atoms with Crippen LogP contribution >= 0.6 is 0 Å². The zero-order valence-electron chi connectivity index (χ0n) is 8.35. The van der Waals surface area contributed by atoms with E-state index in [0.29, 0.717) is 5.92 Å². The molecule has 0 spiro atoms. The molecule has 0 amide bonds. The molecule has 12 heavy (non-hydrogen) atoms. The smallest absolute Gasteiger partial charge is 0.0296 e. The Morgan fingerprint density at radius 2 is 2.17 bits per heavy atom. The Balaban J connectivity index is 4.33. The lowest BCUT2D eigenvalue weighted by molar-refractivity contribution is 0.684. The SMILES string of the molecule is C#CCC(C)=C(C)C(C)CC=C. The Hall–Kier alpha value is -0.960. The molecule has 0 aliphatic heterocycles. The molecule has 0 aliphatic carbocycles. The first-order chi connectivity index (χ1) is 5.63. The van der Waals surface area contributed by atoms with Crippen molar-refractivity contribution in [3.05, 3.63) is 23.8 Å². The second-order valence-corrected chi connectivity index (χ2v) is 3.27. The number of allylic oxidation sites excluding steroid dienone is 3. The van der Waals surface area contributed by atoms with Crippen LogP contribution in [0.15, 0.2) is 23.8 Å². The molecule has 0 aromatic heterocycles. The Kier molecular flexibility index (Phi) is 5.21. The zero-order valence-corrected chi connectivity index (χ0v) is 8.35. The van der Waals surface area contributed by atoms with Crippen molar-refractivity contribution >= 4 is 0 Å². The van der Waals surface area contributed by atoms with E-state index in [0.717, 1.165) is 12.8 Å². The average Bonchev–Trinajstić information content (AvgIpc) is 2.04. The summed E-state index contributed by atoms with van der Waals surface area (Å²) in [4.78, 5) is 0. The van der Waals surface area contributed by atoms with Crippen molar-refractivity contribution in [2.24, 2.45) is 5.92 Å². The third kappa shape index (κ3) is 3.44. The molecular formula is C12H18. The minimum Gasteiger partial charge on any atom is -0.120 e. The largest absolute Gasteiger partial charge is 0.120 e. The summed E-state index contributed by atoms with van der Waals surface area (Å²) in [6.45, 7) is 10.2. The third-order valence-electron chi connectivity index (χ3n) is 2.30. The molecule has 0 radical (unpaired) electrons. The molecular weight excluding hydrogens is 144 g/mol. The normalized spacial score (nSPS) is 14.5. The minimum atomic E-state index is 0.579. The fourth-order valence-corrected chi connectivity index (χ4v) is 1.14. The van der Waals surface area contributed by atoms with Crippen LogP contribution in [0.1, 0.15) is 33.6 Å². The first-order valence-corrected chi connectivity index (χ1v) is 4.34. The van der Waals surface area contributed by atoms with E-state index in [2.05, 4.69) is 33.3 Å². The lowest BCUT2D eigenvalue weighted by Crippen LogP contribution is -1.97. The highest BCUT2D eigenvalue weighted by Crippen LogP contribution is 2.19. The van der Waals surface area contributed by atoms with E-state index in [9.17, 15) is 0 Å². The summed E-state index contributed by atoms with van der Waals surface area (Å²) in [5.41, 5.74) is 2.74. The first-order valence-electron chi connectivity index (χ1n) is 4.34. The van der Waals surface area contributed by atoms with Crippen LogP contribution in [0.2, 0.25) is 0 Å². The lowest BCUT2D eigenvalue weighted by atomic mass is 9.94. The summed E-state index contributed by atoms with van der Waals surface area (Å²) in [5, 5.41) is 0. The topological polar surface area (TPSA) is 0 Å². The summed E-state index contributed by atoms with van der Waals surface area (Å²) >= 11 is 0. The molecule has 0 N–H and O–H groups in total. The Labute approximate surface area is 76.4 Å². The van der Waals surface area contributed by atoms with Crippen LogP contribution in [0.5, 0.6) is 0 Å². The fourth-order valence-electron chi connectivity index (χ4n) is 1.14. The Bertz CT molecular complexity index is 213. The molecule has 0 bridgehead atoms. The maximum atomic E-state index is 5.24. The highest BCUT2D eigenvalue weighted by Gasteiger charge is 2.04. The quantitative estimate of drug-likeness (QED) is 0.438. The highest BCUT2D eigenvalue weighted by atomic mass is 14.1. The molecule has 0 rings (SSSR count). The van der Waals surface area contributed by atoms with Gasteiger partial charge < -0.3 is 0 Å². The van der Waals surface area contributed by atoms with Gasteiger partial charge in [-0.05, 0) is 26.2 Å². The minimum absolute atomic E-state index is 0.579. The number of hydrogen-bond acceptors (Lipinski definition) is 0. The number of terminal acetylenes is 1. The van der Waals surface area contributed by atoms with Crippen molar-refractivity contribution in [2.75, 3.05) is 0 Å². The van der Waals surface area contributed by atoms with Gasteiger partial charge in [-0.1, -0.05) is 24.1 Å². The van der Waals surface area contributed by atoms with Crippen LogP contribution in [0.3, 0.4) is 0 Å². The van der Waals surface area contributed by atoms with Gasteiger partial charge in [-0.25, -0.2) is 0 Å². The third-order valence-corrected chi connectivity index (χ3v) is 2.30. The number of rotatable bonds is 4. The molecule has 0 saturated carbocycles. The summed E-state index contributed by atoms with van der Waals surface area (Å²) in [7, 11) is 0. The van der Waals surface area contributed by atoms with Crippen LogP contribution < -0.4 is 0 Å². The van der Waals surface area contributed by atoms with Gasteiger partial charge in [-0.15, -0.1) is 18.9 Å². The molecule has 0 aromatic carbocycles. The van der Waals surface area contributed by atoms with Crippen molar-refractivity contribution in [1.82, 2.24) is 0 Å². The van der Waals surface area contributed by atoms with Crippen LogP contribution in [-0.2, 0) is 0 Å². The second-order valence-electron chi connectivity index (χ2n) is 3.27. The van der Waals surface area contributed by atoms with Gasteiger partial charge in [0.25, 0.3) is 0 Å². The second kappa shape index (κ2) is 5.66. The van der Waals surface area contributed by atoms with Crippen molar-refractivity contribution in [2.45, 2.75) is 33.6 Å². The molecule has 0 heterocycles. The van der Waals surface area contributed by atoms with Crippen LogP contribution in [-0.4, -0.2) is 0 Å². The van der Waals surface area contributed by atoms with E-state index in [-0.39, 0.29) is 0 Å². The summed E-state index contributed by atoms with van der Waals surface area (Å²) in [6.07, 6.45) is 9.00. The molecule has 0 aromatic rings. The molecule has 0 nitrogen and oxygen atoms in total. The van der Waals surface area contributed by atoms with E-state index < -0.39 is 0 Å². The maximum Gasteiger partial charge on any atom is 0.0296 e. The van der Waals surface area contributed by atoms with Gasteiger partial charge in [-0.2, -0.15) is 0 Å². The molecule has 0 saturated heterocycles. The first kappa shape index (κ1) is 11.0. The van der Waals surface area contributed by atoms with E-state index in [1.807, 2.05) is 6.08 Å². The molecule has 1 atom stereocenters. The predicted octanol–water partition coefficient (Wildman–Crippen LogP) is 3.56. The number of hydrogen-bond donors (Lipinski definition) is 0. The van der Waals surface area contributed by atoms with Gasteiger partial charge in [0.15, 0.2) is 0 Å². The van der Waals surface area contributed by atoms with Crippen molar-refractivity contribution in [3.8, 4) is 12.3 Å². The van der Waals surface area contributed by atoms with E-state index >= 15 is 0 Å². The van der Waals surface area contributed by atoms with Gasteiger partial charge in [0.05, 0.1) is 0 Å². The van der Waals surface area contributed by atoms with Gasteiger partial charge in [0, 0.05) is 6.42 Å². The van der Waals surface area contributed by atoms with E-state index in [1.165, 1.54) is 11.1 Å². The van der Waals surface area contributed by atoms with Gasteiger partial charge >= 0.3 is 0 Å². The van der Waals surface area contributed by atoms with Gasteiger partial charge in [0.2, 0.25) is 0 Å². The summed E-state index contributed by atoms with van der Waals surface area (Å²) < 4.78 is 0. The molecule has 0 fully saturated rings. The van der Waals surface area contributed by atoms with Crippen molar-refractivity contribution in [1.29, 1.82) is 0 Å². The highest BCUT2D eigenvalue weighted by molar-refractivity contribution is 5.17. The molecule has 1 unspecified atom stereocenters. The molecule has 66 valence electrons. The Morgan fingerprint density at radius 1 is 1.58 bits per heavy atom.